The SMILES string of the molecule is CC1(C)C(O)CC1NC(=O)CC12CC3CC(CC(C3)C1)C2. The average molecular weight is 291 g/mol. The second-order valence-electron chi connectivity index (χ2n) is 9.29. The summed E-state index contributed by atoms with van der Waals surface area (Å²) in [4.78, 5) is 12.5. The number of nitrogens with one attached hydrogen (secondary N) is 1. The van der Waals surface area contributed by atoms with Gasteiger partial charge in [-0.15, -0.1) is 0 Å². The van der Waals surface area contributed by atoms with Crippen molar-refractivity contribution in [2.24, 2.45) is 28.6 Å². The first-order valence-corrected chi connectivity index (χ1v) is 8.84. The highest BCUT2D eigenvalue weighted by atomic mass is 16.3. The first-order valence-electron chi connectivity index (χ1n) is 8.84. The van der Waals surface area contributed by atoms with E-state index in [-0.39, 0.29) is 23.5 Å². The monoisotopic (exact) mass is 291 g/mol. The third-order valence-electron chi connectivity index (χ3n) is 7.25. The van der Waals surface area contributed by atoms with E-state index in [0.29, 0.717) is 5.41 Å². The molecular formula is C18H29NO2. The number of hydrogen-bond donors (Lipinski definition) is 2. The van der Waals surface area contributed by atoms with E-state index in [1.165, 1.54) is 38.5 Å². The predicted molar refractivity (Wildman–Crippen MR) is 81.6 cm³/mol. The number of hydrogen-bond acceptors (Lipinski definition) is 2. The average Bonchev–Trinajstić information content (AvgIpc) is 2.36. The van der Waals surface area contributed by atoms with Gasteiger partial charge in [0.1, 0.15) is 0 Å². The normalized spacial score (nSPS) is 49.8. The third kappa shape index (κ3) is 2.23. The van der Waals surface area contributed by atoms with Gasteiger partial charge in [-0.3, -0.25) is 4.79 Å². The molecule has 4 bridgehead atoms. The summed E-state index contributed by atoms with van der Waals surface area (Å²) in [7, 11) is 0. The highest BCUT2D eigenvalue weighted by Gasteiger charge is 2.52. The van der Waals surface area contributed by atoms with E-state index in [0.717, 1.165) is 30.6 Å². The summed E-state index contributed by atoms with van der Waals surface area (Å²) in [6, 6.07) is 0.161. The van der Waals surface area contributed by atoms with Crippen LogP contribution in [0.4, 0.5) is 0 Å². The number of rotatable bonds is 3. The van der Waals surface area contributed by atoms with Gasteiger partial charge in [0.2, 0.25) is 5.91 Å². The van der Waals surface area contributed by atoms with Crippen molar-refractivity contribution in [1.82, 2.24) is 5.32 Å². The summed E-state index contributed by atoms with van der Waals surface area (Å²) < 4.78 is 0. The molecule has 118 valence electrons. The molecule has 3 heteroatoms. The summed E-state index contributed by atoms with van der Waals surface area (Å²) in [5.41, 5.74) is 0.169. The van der Waals surface area contributed by atoms with Gasteiger partial charge in [0.15, 0.2) is 0 Å². The molecule has 0 heterocycles. The number of carbonyl (C=O) groups excluding carboxylic acids is 1. The van der Waals surface area contributed by atoms with Gasteiger partial charge in [-0.2, -0.15) is 0 Å². The Morgan fingerprint density at radius 3 is 2.00 bits per heavy atom. The Balaban J connectivity index is 1.39. The van der Waals surface area contributed by atoms with Crippen molar-refractivity contribution in [3.05, 3.63) is 0 Å². The Morgan fingerprint density at radius 2 is 1.57 bits per heavy atom. The molecule has 0 aromatic carbocycles. The van der Waals surface area contributed by atoms with Gasteiger partial charge in [0, 0.05) is 17.9 Å². The molecule has 0 saturated heterocycles. The van der Waals surface area contributed by atoms with Crippen molar-refractivity contribution in [1.29, 1.82) is 0 Å². The van der Waals surface area contributed by atoms with Crippen molar-refractivity contribution in [2.45, 2.75) is 77.4 Å². The molecule has 5 aliphatic rings. The van der Waals surface area contributed by atoms with Gasteiger partial charge in [-0.25, -0.2) is 0 Å². The van der Waals surface area contributed by atoms with Crippen LogP contribution in [0.2, 0.25) is 0 Å². The molecule has 5 fully saturated rings. The predicted octanol–water partition coefficient (Wildman–Crippen LogP) is 2.87. The summed E-state index contributed by atoms with van der Waals surface area (Å²) in [5, 5.41) is 13.0. The maximum absolute atomic E-state index is 12.5. The lowest BCUT2D eigenvalue weighted by molar-refractivity contribution is -0.136. The van der Waals surface area contributed by atoms with Gasteiger partial charge < -0.3 is 10.4 Å². The first kappa shape index (κ1) is 14.0. The molecule has 0 spiro atoms. The fourth-order valence-electron chi connectivity index (χ4n) is 6.24. The lowest BCUT2D eigenvalue weighted by Gasteiger charge is -2.57. The fourth-order valence-corrected chi connectivity index (χ4v) is 6.24. The van der Waals surface area contributed by atoms with Gasteiger partial charge in [-0.1, -0.05) is 13.8 Å². The lowest BCUT2D eigenvalue weighted by Crippen LogP contribution is -2.61. The smallest absolute Gasteiger partial charge is 0.220 e. The molecule has 0 aliphatic heterocycles. The zero-order valence-electron chi connectivity index (χ0n) is 13.4. The topological polar surface area (TPSA) is 49.3 Å². The fraction of sp³-hybridized carbons (Fsp3) is 0.944. The zero-order chi connectivity index (χ0) is 14.8. The molecule has 5 rings (SSSR count). The molecular weight excluding hydrogens is 262 g/mol. The van der Waals surface area contributed by atoms with E-state index in [2.05, 4.69) is 19.2 Å². The van der Waals surface area contributed by atoms with Crippen LogP contribution < -0.4 is 5.32 Å². The van der Waals surface area contributed by atoms with Crippen LogP contribution in [0.3, 0.4) is 0 Å². The number of carbonyl (C=O) groups is 1. The van der Waals surface area contributed by atoms with Crippen LogP contribution in [-0.4, -0.2) is 23.2 Å². The Hall–Kier alpha value is -0.570. The Bertz CT molecular complexity index is 421. The molecule has 0 radical (unpaired) electrons. The second kappa shape index (κ2) is 4.47. The summed E-state index contributed by atoms with van der Waals surface area (Å²) in [5.74, 6) is 2.96. The quantitative estimate of drug-likeness (QED) is 0.840. The van der Waals surface area contributed by atoms with Crippen LogP contribution >= 0.6 is 0 Å². The van der Waals surface area contributed by atoms with Crippen LogP contribution in [0.25, 0.3) is 0 Å². The van der Waals surface area contributed by atoms with E-state index in [4.69, 9.17) is 0 Å². The molecule has 2 unspecified atom stereocenters. The van der Waals surface area contributed by atoms with E-state index < -0.39 is 0 Å². The van der Waals surface area contributed by atoms with Gasteiger partial charge in [0.05, 0.1) is 6.10 Å². The van der Waals surface area contributed by atoms with Crippen LogP contribution in [0.1, 0.15) is 65.2 Å². The van der Waals surface area contributed by atoms with E-state index >= 15 is 0 Å². The molecule has 2 N–H and O–H groups in total. The molecule has 5 aliphatic carbocycles. The summed E-state index contributed by atoms with van der Waals surface area (Å²) in [6.07, 6.45) is 9.38. The van der Waals surface area contributed by atoms with Crippen LogP contribution in [-0.2, 0) is 4.79 Å². The van der Waals surface area contributed by atoms with Gasteiger partial charge >= 0.3 is 0 Å². The molecule has 2 atom stereocenters. The minimum Gasteiger partial charge on any atom is -0.392 e. The van der Waals surface area contributed by atoms with Gasteiger partial charge in [-0.05, 0) is 68.1 Å². The first-order chi connectivity index (χ1) is 9.86. The summed E-state index contributed by atoms with van der Waals surface area (Å²) >= 11 is 0. The number of aliphatic hydroxyl groups excluding tert-OH is 1. The molecule has 5 saturated carbocycles. The minimum absolute atomic E-state index is 0.156. The van der Waals surface area contributed by atoms with Crippen LogP contribution in [0.5, 0.6) is 0 Å². The Labute approximate surface area is 127 Å². The maximum Gasteiger partial charge on any atom is 0.220 e. The minimum atomic E-state index is -0.262. The third-order valence-corrected chi connectivity index (χ3v) is 7.25. The number of aliphatic hydroxyl groups is 1. The molecule has 0 aromatic rings. The highest BCUT2D eigenvalue weighted by Crippen LogP contribution is 2.61. The molecule has 0 aromatic heterocycles. The van der Waals surface area contributed by atoms with Gasteiger partial charge in [0.25, 0.3) is 0 Å². The second-order valence-corrected chi connectivity index (χ2v) is 9.29. The van der Waals surface area contributed by atoms with Crippen molar-refractivity contribution in [3.63, 3.8) is 0 Å². The van der Waals surface area contributed by atoms with Crippen molar-refractivity contribution in [2.75, 3.05) is 0 Å². The standard InChI is InChI=1S/C18H29NO2/c1-17(2)14(6-15(17)20)19-16(21)10-18-7-11-3-12(8-18)5-13(4-11)9-18/h11-15,20H,3-10H2,1-2H3,(H,19,21). The summed E-state index contributed by atoms with van der Waals surface area (Å²) in [6.45, 7) is 4.10. The van der Waals surface area contributed by atoms with Crippen molar-refractivity contribution < 1.29 is 9.90 Å². The zero-order valence-corrected chi connectivity index (χ0v) is 13.4. The van der Waals surface area contributed by atoms with E-state index in [1.807, 2.05) is 0 Å². The van der Waals surface area contributed by atoms with E-state index in [9.17, 15) is 9.90 Å². The molecule has 3 nitrogen and oxygen atoms in total. The van der Waals surface area contributed by atoms with Crippen molar-refractivity contribution >= 4 is 5.91 Å². The van der Waals surface area contributed by atoms with Crippen LogP contribution in [0, 0.1) is 28.6 Å². The number of amides is 1. The molecule has 21 heavy (non-hydrogen) atoms. The Morgan fingerprint density at radius 1 is 1.05 bits per heavy atom. The lowest BCUT2D eigenvalue weighted by atomic mass is 9.49. The largest absolute Gasteiger partial charge is 0.392 e. The highest BCUT2D eigenvalue weighted by molar-refractivity contribution is 5.77. The van der Waals surface area contributed by atoms with E-state index in [1.54, 1.807) is 0 Å². The van der Waals surface area contributed by atoms with Crippen molar-refractivity contribution in [3.8, 4) is 0 Å². The Kier molecular flexibility index (Phi) is 2.99. The van der Waals surface area contributed by atoms with Crippen LogP contribution in [0.15, 0.2) is 0 Å². The molecule has 1 amide bonds. The maximum atomic E-state index is 12.5.